The van der Waals surface area contributed by atoms with E-state index in [2.05, 4.69) is 15.5 Å². The first-order valence-corrected chi connectivity index (χ1v) is 5.75. The molecule has 0 aliphatic rings. The number of hydrogen-bond acceptors (Lipinski definition) is 5. The molecule has 2 aromatic rings. The normalized spacial score (nSPS) is 14.5. The van der Waals surface area contributed by atoms with E-state index in [1.54, 1.807) is 0 Å². The van der Waals surface area contributed by atoms with Crippen molar-refractivity contribution in [1.29, 1.82) is 0 Å². The molecule has 1 aromatic heterocycles. The Morgan fingerprint density at radius 2 is 1.90 bits per heavy atom. The Morgan fingerprint density at radius 3 is 2.38 bits per heavy atom. The van der Waals surface area contributed by atoms with Gasteiger partial charge in [-0.25, -0.2) is 0 Å². The van der Waals surface area contributed by atoms with E-state index >= 15 is 0 Å². The third kappa shape index (κ3) is 3.02. The summed E-state index contributed by atoms with van der Waals surface area (Å²) in [4.78, 5) is 11.6. The Kier molecular flexibility index (Phi) is 3.69. The zero-order valence-corrected chi connectivity index (χ0v) is 10.8. The van der Waals surface area contributed by atoms with E-state index in [9.17, 15) is 18.0 Å². The van der Waals surface area contributed by atoms with Crippen molar-refractivity contribution in [2.45, 2.75) is 18.6 Å². The van der Waals surface area contributed by atoms with E-state index in [1.165, 1.54) is 24.3 Å². The van der Waals surface area contributed by atoms with Crippen molar-refractivity contribution in [3.05, 3.63) is 30.7 Å². The quantitative estimate of drug-likeness (QED) is 0.903. The molecule has 21 heavy (non-hydrogen) atoms. The summed E-state index contributed by atoms with van der Waals surface area (Å²) in [6.45, 7) is 0.606. The molecule has 1 unspecified atom stereocenters. The maximum Gasteiger partial charge on any atom is 0.415 e. The standard InChI is InChI=1S/C12H11F3N4O2/c1-11(16,12(13,14)15)10(20)18-8-4-2-7(3-5-8)9-19-17-6-21-9/h2-6H,16H2,1H3,(H,18,20). The number of alkyl halides is 3. The minimum atomic E-state index is -4.85. The van der Waals surface area contributed by atoms with Crippen molar-refractivity contribution in [1.82, 2.24) is 10.2 Å². The van der Waals surface area contributed by atoms with E-state index in [-0.39, 0.29) is 11.6 Å². The summed E-state index contributed by atoms with van der Waals surface area (Å²) in [7, 11) is 0. The molecular weight excluding hydrogens is 289 g/mol. The monoisotopic (exact) mass is 300 g/mol. The number of carbonyl (C=O) groups excluding carboxylic acids is 1. The molecule has 2 rings (SSSR count). The molecule has 0 aliphatic heterocycles. The van der Waals surface area contributed by atoms with E-state index in [0.29, 0.717) is 12.5 Å². The summed E-state index contributed by atoms with van der Waals surface area (Å²) in [5.41, 5.74) is 2.78. The highest BCUT2D eigenvalue weighted by molar-refractivity contribution is 5.98. The molecule has 0 aliphatic carbocycles. The predicted octanol–water partition coefficient (Wildman–Crippen LogP) is 1.95. The van der Waals surface area contributed by atoms with Gasteiger partial charge in [0.25, 0.3) is 5.91 Å². The van der Waals surface area contributed by atoms with Crippen LogP contribution in [0.3, 0.4) is 0 Å². The second-order valence-corrected chi connectivity index (χ2v) is 4.48. The first-order valence-electron chi connectivity index (χ1n) is 5.75. The number of amides is 1. The van der Waals surface area contributed by atoms with Gasteiger partial charge in [0.2, 0.25) is 12.3 Å². The lowest BCUT2D eigenvalue weighted by Crippen LogP contribution is -2.59. The van der Waals surface area contributed by atoms with E-state index in [0.717, 1.165) is 6.39 Å². The van der Waals surface area contributed by atoms with Crippen LogP contribution in [0.5, 0.6) is 0 Å². The minimum Gasteiger partial charge on any atom is -0.423 e. The third-order valence-corrected chi connectivity index (χ3v) is 2.81. The molecule has 112 valence electrons. The molecule has 1 aromatic carbocycles. The fourth-order valence-electron chi connectivity index (χ4n) is 1.38. The van der Waals surface area contributed by atoms with Crippen LogP contribution in [0.4, 0.5) is 18.9 Å². The van der Waals surface area contributed by atoms with Crippen molar-refractivity contribution < 1.29 is 22.4 Å². The molecule has 0 saturated carbocycles. The van der Waals surface area contributed by atoms with Crippen molar-refractivity contribution in [2.24, 2.45) is 5.73 Å². The number of nitrogens with one attached hydrogen (secondary N) is 1. The number of carbonyl (C=O) groups is 1. The zero-order valence-electron chi connectivity index (χ0n) is 10.8. The second kappa shape index (κ2) is 5.17. The average molecular weight is 300 g/mol. The lowest BCUT2D eigenvalue weighted by atomic mass is 10.0. The average Bonchev–Trinajstić information content (AvgIpc) is 2.92. The number of nitrogens with two attached hydrogens (primary N) is 1. The lowest BCUT2D eigenvalue weighted by Gasteiger charge is -2.26. The molecule has 1 heterocycles. The summed E-state index contributed by atoms with van der Waals surface area (Å²) in [5.74, 6) is -1.09. The Morgan fingerprint density at radius 1 is 1.29 bits per heavy atom. The number of anilines is 1. The van der Waals surface area contributed by atoms with Gasteiger partial charge in [-0.2, -0.15) is 13.2 Å². The van der Waals surface area contributed by atoms with E-state index < -0.39 is 17.6 Å². The van der Waals surface area contributed by atoms with Gasteiger partial charge in [0, 0.05) is 11.3 Å². The number of halogens is 3. The largest absolute Gasteiger partial charge is 0.423 e. The van der Waals surface area contributed by atoms with Gasteiger partial charge < -0.3 is 15.5 Å². The van der Waals surface area contributed by atoms with Gasteiger partial charge >= 0.3 is 6.18 Å². The lowest BCUT2D eigenvalue weighted by molar-refractivity contribution is -0.184. The van der Waals surface area contributed by atoms with Gasteiger partial charge in [0.15, 0.2) is 5.54 Å². The van der Waals surface area contributed by atoms with Gasteiger partial charge in [-0.05, 0) is 31.2 Å². The SMILES string of the molecule is CC(N)(C(=O)Nc1ccc(-c2nnco2)cc1)C(F)(F)F. The van der Waals surface area contributed by atoms with Crippen LogP contribution in [-0.2, 0) is 4.79 Å². The highest BCUT2D eigenvalue weighted by atomic mass is 19.4. The summed E-state index contributed by atoms with van der Waals surface area (Å²) >= 11 is 0. The first kappa shape index (κ1) is 15.0. The molecule has 0 saturated heterocycles. The molecular formula is C12H11F3N4O2. The summed E-state index contributed by atoms with van der Waals surface area (Å²) in [5, 5.41) is 9.29. The summed E-state index contributed by atoms with van der Waals surface area (Å²) < 4.78 is 42.8. The van der Waals surface area contributed by atoms with Crippen LogP contribution in [0, 0.1) is 0 Å². The maximum absolute atomic E-state index is 12.6. The van der Waals surface area contributed by atoms with E-state index in [4.69, 9.17) is 10.2 Å². The Labute approximate surface area is 117 Å². The minimum absolute atomic E-state index is 0.171. The molecule has 0 spiro atoms. The number of benzene rings is 1. The molecule has 1 amide bonds. The topological polar surface area (TPSA) is 94.0 Å². The number of hydrogen-bond donors (Lipinski definition) is 2. The molecule has 3 N–H and O–H groups in total. The summed E-state index contributed by atoms with van der Waals surface area (Å²) in [6.07, 6.45) is -3.70. The number of aromatic nitrogens is 2. The van der Waals surface area contributed by atoms with Crippen LogP contribution in [0.15, 0.2) is 35.1 Å². The Hall–Kier alpha value is -2.42. The van der Waals surface area contributed by atoms with Gasteiger partial charge in [-0.3, -0.25) is 4.79 Å². The highest BCUT2D eigenvalue weighted by Crippen LogP contribution is 2.29. The van der Waals surface area contributed by atoms with Crippen molar-refractivity contribution in [2.75, 3.05) is 5.32 Å². The van der Waals surface area contributed by atoms with Crippen LogP contribution in [0.1, 0.15) is 6.92 Å². The second-order valence-electron chi connectivity index (χ2n) is 4.48. The molecule has 6 nitrogen and oxygen atoms in total. The van der Waals surface area contributed by atoms with Gasteiger partial charge in [0.1, 0.15) is 0 Å². The van der Waals surface area contributed by atoms with Gasteiger partial charge in [0.05, 0.1) is 0 Å². The third-order valence-electron chi connectivity index (χ3n) is 2.81. The van der Waals surface area contributed by atoms with Crippen LogP contribution in [0.2, 0.25) is 0 Å². The number of nitrogens with zero attached hydrogens (tertiary/aromatic N) is 2. The fourth-order valence-corrected chi connectivity index (χ4v) is 1.38. The van der Waals surface area contributed by atoms with Gasteiger partial charge in [-0.1, -0.05) is 0 Å². The van der Waals surface area contributed by atoms with Crippen molar-refractivity contribution >= 4 is 11.6 Å². The first-order chi connectivity index (χ1) is 9.72. The Balaban J connectivity index is 2.12. The number of rotatable bonds is 3. The Bertz CT molecular complexity index is 621. The zero-order chi connectivity index (χ0) is 15.7. The molecule has 0 bridgehead atoms. The fraction of sp³-hybridized carbons (Fsp3) is 0.250. The molecule has 9 heteroatoms. The molecule has 0 radical (unpaired) electrons. The van der Waals surface area contributed by atoms with Crippen LogP contribution in [0.25, 0.3) is 11.5 Å². The molecule has 1 atom stereocenters. The van der Waals surface area contributed by atoms with Gasteiger partial charge in [-0.15, -0.1) is 10.2 Å². The van der Waals surface area contributed by atoms with Crippen LogP contribution in [-0.4, -0.2) is 27.8 Å². The highest BCUT2D eigenvalue weighted by Gasteiger charge is 2.53. The molecule has 0 fully saturated rings. The van der Waals surface area contributed by atoms with Crippen molar-refractivity contribution in [3.63, 3.8) is 0 Å². The van der Waals surface area contributed by atoms with E-state index in [1.807, 2.05) is 0 Å². The van der Waals surface area contributed by atoms with Crippen LogP contribution >= 0.6 is 0 Å². The van der Waals surface area contributed by atoms with Crippen molar-refractivity contribution in [3.8, 4) is 11.5 Å². The maximum atomic E-state index is 12.6. The summed E-state index contributed by atoms with van der Waals surface area (Å²) in [6, 6.07) is 5.85. The smallest absolute Gasteiger partial charge is 0.415 e. The predicted molar refractivity (Wildman–Crippen MR) is 67.0 cm³/mol. The van der Waals surface area contributed by atoms with Crippen LogP contribution < -0.4 is 11.1 Å².